The van der Waals surface area contributed by atoms with Crippen LogP contribution in [-0.4, -0.2) is 9.91 Å². The van der Waals surface area contributed by atoms with Crippen molar-refractivity contribution in [3.8, 4) is 5.75 Å². The lowest BCUT2D eigenvalue weighted by Crippen LogP contribution is -2.06. The molecule has 0 N–H and O–H groups in total. The maximum absolute atomic E-state index is 10.9. The van der Waals surface area contributed by atoms with E-state index < -0.39 is 4.92 Å². The van der Waals surface area contributed by atoms with Gasteiger partial charge in [0.25, 0.3) is 0 Å². The molecule has 0 saturated carbocycles. The molecule has 2 rings (SSSR count). The largest absolute Gasteiger partial charge is 0.477 e. The summed E-state index contributed by atoms with van der Waals surface area (Å²) in [7, 11) is 0. The van der Waals surface area contributed by atoms with Crippen molar-refractivity contribution in [2.75, 3.05) is 0 Å². The number of nitrogens with zero attached hydrogens (tertiary/aromatic N) is 2. The molecule has 0 aliphatic rings. The Labute approximate surface area is 118 Å². The Hall–Kier alpha value is -1.95. The summed E-state index contributed by atoms with van der Waals surface area (Å²) in [5.41, 5.74) is 0.655. The molecule has 0 aliphatic heterocycles. The van der Waals surface area contributed by atoms with Crippen LogP contribution in [0.3, 0.4) is 0 Å². The molecular formula is C13H11BrN2O3. The highest BCUT2D eigenvalue weighted by Crippen LogP contribution is 2.33. The molecule has 0 aliphatic carbocycles. The van der Waals surface area contributed by atoms with Gasteiger partial charge in [-0.05, 0) is 25.1 Å². The van der Waals surface area contributed by atoms with E-state index in [0.29, 0.717) is 0 Å². The van der Waals surface area contributed by atoms with Crippen molar-refractivity contribution in [1.29, 1.82) is 0 Å². The molecule has 0 bridgehead atoms. The number of ether oxygens (including phenoxy) is 1. The predicted octanol–water partition coefficient (Wildman–Crippen LogP) is 3.89. The van der Waals surface area contributed by atoms with Crippen LogP contribution in [0.1, 0.15) is 18.7 Å². The van der Waals surface area contributed by atoms with Crippen molar-refractivity contribution >= 4 is 21.6 Å². The first-order chi connectivity index (χ1) is 9.08. The van der Waals surface area contributed by atoms with E-state index in [1.165, 1.54) is 6.07 Å². The Kier molecular flexibility index (Phi) is 4.11. The van der Waals surface area contributed by atoms with Crippen LogP contribution in [0.2, 0.25) is 0 Å². The second-order valence-corrected chi connectivity index (χ2v) is 4.80. The van der Waals surface area contributed by atoms with Gasteiger partial charge < -0.3 is 4.74 Å². The Morgan fingerprint density at radius 2 is 2.16 bits per heavy atom. The minimum atomic E-state index is -0.465. The lowest BCUT2D eigenvalue weighted by atomic mass is 10.2. The summed E-state index contributed by atoms with van der Waals surface area (Å²) in [4.78, 5) is 14.6. The maximum atomic E-state index is 10.9. The third-order valence-corrected chi connectivity index (χ3v) is 3.02. The number of pyridine rings is 1. The zero-order valence-electron chi connectivity index (χ0n) is 10.1. The lowest BCUT2D eigenvalue weighted by molar-refractivity contribution is -0.386. The number of nitro benzene ring substituents is 1. The fourth-order valence-corrected chi connectivity index (χ4v) is 1.94. The Balaban J connectivity index is 2.28. The van der Waals surface area contributed by atoms with E-state index in [9.17, 15) is 10.1 Å². The molecule has 98 valence electrons. The summed E-state index contributed by atoms with van der Waals surface area (Å²) in [5, 5.41) is 10.9. The summed E-state index contributed by atoms with van der Waals surface area (Å²) >= 11 is 3.27. The summed E-state index contributed by atoms with van der Waals surface area (Å²) in [5.74, 6) is 0.220. The molecule has 2 aromatic rings. The summed E-state index contributed by atoms with van der Waals surface area (Å²) in [6, 6.07) is 10.1. The fraction of sp³-hybridized carbons (Fsp3) is 0.154. The van der Waals surface area contributed by atoms with E-state index in [1.807, 2.05) is 12.1 Å². The minimum absolute atomic E-state index is 0.0639. The maximum Gasteiger partial charge on any atom is 0.311 e. The van der Waals surface area contributed by atoms with E-state index in [2.05, 4.69) is 20.9 Å². The highest BCUT2D eigenvalue weighted by Gasteiger charge is 2.18. The Morgan fingerprint density at radius 3 is 2.79 bits per heavy atom. The normalized spacial score (nSPS) is 11.9. The van der Waals surface area contributed by atoms with E-state index in [-0.39, 0.29) is 17.5 Å². The van der Waals surface area contributed by atoms with Crippen molar-refractivity contribution in [3.63, 3.8) is 0 Å². The average Bonchev–Trinajstić information content (AvgIpc) is 2.39. The van der Waals surface area contributed by atoms with Crippen LogP contribution in [0.15, 0.2) is 47.1 Å². The fourth-order valence-electron chi connectivity index (χ4n) is 1.60. The molecule has 1 heterocycles. The number of halogens is 1. The van der Waals surface area contributed by atoms with Gasteiger partial charge in [0.1, 0.15) is 6.10 Å². The summed E-state index contributed by atoms with van der Waals surface area (Å²) in [6.07, 6.45) is 1.29. The van der Waals surface area contributed by atoms with E-state index >= 15 is 0 Å². The third kappa shape index (κ3) is 3.29. The number of aromatic nitrogens is 1. The number of hydrogen-bond acceptors (Lipinski definition) is 4. The minimum Gasteiger partial charge on any atom is -0.477 e. The molecule has 0 saturated heterocycles. The quantitative estimate of drug-likeness (QED) is 0.632. The molecule has 0 spiro atoms. The standard InChI is InChI=1S/C13H11BrN2O3/c1-9(11-4-2-3-7-15-11)19-13-8-10(14)5-6-12(13)16(17)18/h2-9H,1H3. The zero-order chi connectivity index (χ0) is 13.8. The van der Waals surface area contributed by atoms with Crippen molar-refractivity contribution in [3.05, 3.63) is 62.9 Å². The van der Waals surface area contributed by atoms with Gasteiger partial charge in [0, 0.05) is 22.8 Å². The lowest BCUT2D eigenvalue weighted by Gasteiger charge is -2.14. The molecule has 19 heavy (non-hydrogen) atoms. The zero-order valence-corrected chi connectivity index (χ0v) is 11.7. The van der Waals surface area contributed by atoms with Gasteiger partial charge in [-0.1, -0.05) is 22.0 Å². The highest BCUT2D eigenvalue weighted by molar-refractivity contribution is 9.10. The first kappa shape index (κ1) is 13.5. The SMILES string of the molecule is CC(Oc1cc(Br)ccc1[N+](=O)[O-])c1ccccn1. The van der Waals surface area contributed by atoms with Crippen molar-refractivity contribution in [2.24, 2.45) is 0 Å². The molecule has 0 fully saturated rings. The average molecular weight is 323 g/mol. The smallest absolute Gasteiger partial charge is 0.311 e. The monoisotopic (exact) mass is 322 g/mol. The van der Waals surface area contributed by atoms with Gasteiger partial charge in [-0.15, -0.1) is 0 Å². The van der Waals surface area contributed by atoms with Gasteiger partial charge in [0.05, 0.1) is 10.6 Å². The van der Waals surface area contributed by atoms with Crippen molar-refractivity contribution in [1.82, 2.24) is 4.98 Å². The number of hydrogen-bond donors (Lipinski definition) is 0. The molecule has 1 aromatic heterocycles. The summed E-state index contributed by atoms with van der Waals surface area (Å²) in [6.45, 7) is 1.80. The van der Waals surface area contributed by atoms with Crippen LogP contribution in [0.5, 0.6) is 5.75 Å². The predicted molar refractivity (Wildman–Crippen MR) is 74.1 cm³/mol. The van der Waals surface area contributed by atoms with Crippen LogP contribution < -0.4 is 4.74 Å². The van der Waals surface area contributed by atoms with Gasteiger partial charge in [0.15, 0.2) is 5.75 Å². The van der Waals surface area contributed by atoms with E-state index in [1.54, 1.807) is 31.3 Å². The van der Waals surface area contributed by atoms with Crippen LogP contribution in [-0.2, 0) is 0 Å². The van der Waals surface area contributed by atoms with Crippen LogP contribution in [0.25, 0.3) is 0 Å². The summed E-state index contributed by atoms with van der Waals surface area (Å²) < 4.78 is 6.36. The third-order valence-electron chi connectivity index (χ3n) is 2.53. The van der Waals surface area contributed by atoms with Crippen LogP contribution in [0.4, 0.5) is 5.69 Å². The second-order valence-electron chi connectivity index (χ2n) is 3.88. The molecule has 0 radical (unpaired) electrons. The molecule has 1 aromatic carbocycles. The molecule has 5 nitrogen and oxygen atoms in total. The molecule has 6 heteroatoms. The van der Waals surface area contributed by atoms with Gasteiger partial charge in [-0.25, -0.2) is 0 Å². The Morgan fingerprint density at radius 1 is 1.37 bits per heavy atom. The Bertz CT molecular complexity index is 590. The topological polar surface area (TPSA) is 65.3 Å². The van der Waals surface area contributed by atoms with Crippen LogP contribution in [0, 0.1) is 10.1 Å². The van der Waals surface area contributed by atoms with Gasteiger partial charge in [-0.3, -0.25) is 15.1 Å². The highest BCUT2D eigenvalue weighted by atomic mass is 79.9. The van der Waals surface area contributed by atoms with Gasteiger partial charge in [0.2, 0.25) is 0 Å². The number of nitro groups is 1. The van der Waals surface area contributed by atoms with Gasteiger partial charge >= 0.3 is 5.69 Å². The first-order valence-corrected chi connectivity index (χ1v) is 6.39. The van der Waals surface area contributed by atoms with E-state index in [4.69, 9.17) is 4.74 Å². The van der Waals surface area contributed by atoms with E-state index in [0.717, 1.165) is 10.2 Å². The number of benzene rings is 1. The molecular weight excluding hydrogens is 312 g/mol. The van der Waals surface area contributed by atoms with Crippen LogP contribution >= 0.6 is 15.9 Å². The molecule has 1 atom stereocenters. The molecule has 0 amide bonds. The first-order valence-electron chi connectivity index (χ1n) is 5.59. The van der Waals surface area contributed by atoms with Gasteiger partial charge in [-0.2, -0.15) is 0 Å². The number of rotatable bonds is 4. The second kappa shape index (κ2) is 5.79. The molecule has 1 unspecified atom stereocenters. The van der Waals surface area contributed by atoms with Crippen molar-refractivity contribution in [2.45, 2.75) is 13.0 Å². The van der Waals surface area contributed by atoms with Crippen molar-refractivity contribution < 1.29 is 9.66 Å².